The second-order valence-electron chi connectivity index (χ2n) is 3.83. The molecule has 2 heterocycles. The summed E-state index contributed by atoms with van der Waals surface area (Å²) in [5.41, 5.74) is 2.27. The predicted molar refractivity (Wildman–Crippen MR) is 64.4 cm³/mol. The Morgan fingerprint density at radius 1 is 1.38 bits per heavy atom. The van der Waals surface area contributed by atoms with Gasteiger partial charge in [0, 0.05) is 32.4 Å². The summed E-state index contributed by atoms with van der Waals surface area (Å²) >= 11 is 0. The van der Waals surface area contributed by atoms with Crippen LogP contribution in [-0.2, 0) is 13.5 Å². The normalized spacial score (nSPS) is 10.4. The molecule has 0 saturated carbocycles. The maximum Gasteiger partial charge on any atom is 0.128 e. The number of rotatable bonds is 4. The molecule has 0 atom stereocenters. The van der Waals surface area contributed by atoms with Crippen LogP contribution < -0.4 is 5.32 Å². The van der Waals surface area contributed by atoms with Crippen LogP contribution in [0.4, 0.5) is 5.82 Å². The molecule has 2 aromatic heterocycles. The SMILES string of the molecule is Cc1cccnc1NCCc1ccn(C)n1. The Morgan fingerprint density at radius 3 is 2.94 bits per heavy atom. The van der Waals surface area contributed by atoms with Crippen LogP contribution in [0.5, 0.6) is 0 Å². The van der Waals surface area contributed by atoms with Crippen molar-refractivity contribution < 1.29 is 0 Å². The van der Waals surface area contributed by atoms with Crippen molar-refractivity contribution in [2.75, 3.05) is 11.9 Å². The number of nitrogens with one attached hydrogen (secondary N) is 1. The van der Waals surface area contributed by atoms with Gasteiger partial charge >= 0.3 is 0 Å². The first-order valence-electron chi connectivity index (χ1n) is 5.40. The maximum atomic E-state index is 4.32. The van der Waals surface area contributed by atoms with Gasteiger partial charge in [-0.1, -0.05) is 6.07 Å². The summed E-state index contributed by atoms with van der Waals surface area (Å²) in [5.74, 6) is 0.957. The molecule has 0 fully saturated rings. The van der Waals surface area contributed by atoms with E-state index >= 15 is 0 Å². The van der Waals surface area contributed by atoms with Gasteiger partial charge in [0.15, 0.2) is 0 Å². The standard InChI is InChI=1S/C12H16N4/c1-10-4-3-7-13-12(10)14-8-5-11-6-9-16(2)15-11/h3-4,6-7,9H,5,8H2,1-2H3,(H,13,14). The van der Waals surface area contributed by atoms with Crippen LogP contribution in [0.15, 0.2) is 30.6 Å². The average Bonchev–Trinajstić information content (AvgIpc) is 2.67. The Balaban J connectivity index is 1.87. The minimum Gasteiger partial charge on any atom is -0.369 e. The fourth-order valence-corrected chi connectivity index (χ4v) is 1.58. The summed E-state index contributed by atoms with van der Waals surface area (Å²) < 4.78 is 1.82. The second-order valence-corrected chi connectivity index (χ2v) is 3.83. The summed E-state index contributed by atoms with van der Waals surface area (Å²) in [6, 6.07) is 6.03. The highest BCUT2D eigenvalue weighted by molar-refractivity contribution is 5.42. The number of nitrogens with zero attached hydrogens (tertiary/aromatic N) is 3. The largest absolute Gasteiger partial charge is 0.369 e. The van der Waals surface area contributed by atoms with E-state index in [0.29, 0.717) is 0 Å². The van der Waals surface area contributed by atoms with Gasteiger partial charge in [-0.05, 0) is 24.6 Å². The molecule has 0 unspecified atom stereocenters. The van der Waals surface area contributed by atoms with Crippen LogP contribution >= 0.6 is 0 Å². The van der Waals surface area contributed by atoms with Gasteiger partial charge in [-0.25, -0.2) is 4.98 Å². The fourth-order valence-electron chi connectivity index (χ4n) is 1.58. The molecule has 0 radical (unpaired) electrons. The van der Waals surface area contributed by atoms with Gasteiger partial charge in [0.05, 0.1) is 5.69 Å². The number of hydrogen-bond acceptors (Lipinski definition) is 3. The number of anilines is 1. The Labute approximate surface area is 95.3 Å². The molecule has 4 nitrogen and oxygen atoms in total. The van der Waals surface area contributed by atoms with Crippen molar-refractivity contribution in [1.82, 2.24) is 14.8 Å². The van der Waals surface area contributed by atoms with Gasteiger partial charge in [-0.15, -0.1) is 0 Å². The highest BCUT2D eigenvalue weighted by Crippen LogP contribution is 2.08. The third kappa shape index (κ3) is 2.59. The Kier molecular flexibility index (Phi) is 3.19. The van der Waals surface area contributed by atoms with Gasteiger partial charge in [-0.2, -0.15) is 5.10 Å². The molecule has 84 valence electrons. The lowest BCUT2D eigenvalue weighted by molar-refractivity contribution is 0.742. The smallest absolute Gasteiger partial charge is 0.128 e. The minimum atomic E-state index is 0.856. The van der Waals surface area contributed by atoms with Crippen LogP contribution in [0.2, 0.25) is 0 Å². The summed E-state index contributed by atoms with van der Waals surface area (Å²) in [4.78, 5) is 4.28. The summed E-state index contributed by atoms with van der Waals surface area (Å²) in [5, 5.41) is 7.63. The lowest BCUT2D eigenvalue weighted by Gasteiger charge is -2.06. The molecule has 0 saturated heterocycles. The van der Waals surface area contributed by atoms with Crippen LogP contribution in [-0.4, -0.2) is 21.3 Å². The Morgan fingerprint density at radius 2 is 2.25 bits per heavy atom. The van der Waals surface area contributed by atoms with Crippen molar-refractivity contribution in [2.24, 2.45) is 7.05 Å². The molecule has 0 aliphatic heterocycles. The van der Waals surface area contributed by atoms with Crippen LogP contribution in [0.3, 0.4) is 0 Å². The highest BCUT2D eigenvalue weighted by atomic mass is 15.2. The molecular formula is C12H16N4. The number of aromatic nitrogens is 3. The van der Waals surface area contributed by atoms with Crippen molar-refractivity contribution in [3.63, 3.8) is 0 Å². The lowest BCUT2D eigenvalue weighted by Crippen LogP contribution is -2.08. The van der Waals surface area contributed by atoms with Gasteiger partial charge in [0.2, 0.25) is 0 Å². The highest BCUT2D eigenvalue weighted by Gasteiger charge is 1.99. The van der Waals surface area contributed by atoms with E-state index in [1.165, 1.54) is 5.56 Å². The quantitative estimate of drug-likeness (QED) is 0.847. The first kappa shape index (κ1) is 10.7. The third-order valence-corrected chi connectivity index (χ3v) is 2.45. The summed E-state index contributed by atoms with van der Waals surface area (Å²) in [6.07, 6.45) is 4.67. The molecule has 16 heavy (non-hydrogen) atoms. The molecule has 0 bridgehead atoms. The molecule has 2 rings (SSSR count). The second kappa shape index (κ2) is 4.79. The van der Waals surface area contributed by atoms with Gasteiger partial charge in [-0.3, -0.25) is 4.68 Å². The molecule has 1 N–H and O–H groups in total. The van der Waals surface area contributed by atoms with E-state index in [0.717, 1.165) is 24.5 Å². The fraction of sp³-hybridized carbons (Fsp3) is 0.333. The van der Waals surface area contributed by atoms with E-state index in [4.69, 9.17) is 0 Å². The average molecular weight is 216 g/mol. The number of pyridine rings is 1. The van der Waals surface area contributed by atoms with E-state index in [1.54, 1.807) is 6.20 Å². The first-order chi connectivity index (χ1) is 7.75. The first-order valence-corrected chi connectivity index (χ1v) is 5.40. The summed E-state index contributed by atoms with van der Waals surface area (Å²) in [6.45, 7) is 2.91. The van der Waals surface area contributed by atoms with E-state index in [9.17, 15) is 0 Å². The van der Waals surface area contributed by atoms with Gasteiger partial charge < -0.3 is 5.32 Å². The minimum absolute atomic E-state index is 0.856. The van der Waals surface area contributed by atoms with E-state index in [1.807, 2.05) is 30.1 Å². The lowest BCUT2D eigenvalue weighted by atomic mass is 10.2. The molecule has 0 amide bonds. The van der Waals surface area contributed by atoms with E-state index in [2.05, 4.69) is 28.4 Å². The van der Waals surface area contributed by atoms with Gasteiger partial charge in [0.25, 0.3) is 0 Å². The van der Waals surface area contributed by atoms with Crippen molar-refractivity contribution >= 4 is 5.82 Å². The number of hydrogen-bond donors (Lipinski definition) is 1. The van der Waals surface area contributed by atoms with Gasteiger partial charge in [0.1, 0.15) is 5.82 Å². The monoisotopic (exact) mass is 216 g/mol. The predicted octanol–water partition coefficient (Wildman–Crippen LogP) is 1.78. The van der Waals surface area contributed by atoms with Crippen molar-refractivity contribution in [2.45, 2.75) is 13.3 Å². The van der Waals surface area contributed by atoms with E-state index < -0.39 is 0 Å². The third-order valence-electron chi connectivity index (χ3n) is 2.45. The molecule has 2 aromatic rings. The molecule has 0 aliphatic carbocycles. The Bertz CT molecular complexity index is 462. The zero-order valence-corrected chi connectivity index (χ0v) is 9.64. The number of aryl methyl sites for hydroxylation is 2. The van der Waals surface area contributed by atoms with Crippen molar-refractivity contribution in [1.29, 1.82) is 0 Å². The molecule has 0 aliphatic rings. The van der Waals surface area contributed by atoms with Crippen LogP contribution in [0.25, 0.3) is 0 Å². The molecule has 0 spiro atoms. The zero-order valence-electron chi connectivity index (χ0n) is 9.64. The molecule has 4 heteroatoms. The maximum absolute atomic E-state index is 4.32. The topological polar surface area (TPSA) is 42.7 Å². The van der Waals surface area contributed by atoms with E-state index in [-0.39, 0.29) is 0 Å². The van der Waals surface area contributed by atoms with Crippen LogP contribution in [0, 0.1) is 6.92 Å². The zero-order chi connectivity index (χ0) is 11.4. The van der Waals surface area contributed by atoms with Crippen molar-refractivity contribution in [3.8, 4) is 0 Å². The van der Waals surface area contributed by atoms with Crippen LogP contribution in [0.1, 0.15) is 11.3 Å². The summed E-state index contributed by atoms with van der Waals surface area (Å²) in [7, 11) is 1.93. The van der Waals surface area contributed by atoms with Crippen molar-refractivity contribution in [3.05, 3.63) is 41.9 Å². The Hall–Kier alpha value is -1.84. The molecule has 0 aromatic carbocycles. The molecular weight excluding hydrogens is 200 g/mol.